The zero-order valence-corrected chi connectivity index (χ0v) is 20.3. The standard InChI is InChI=1S/C25H25F3N8O2/c1-38-20-4-2-3-18(26)23(20)24-30-6-5-21(34-24)33-22-8-19(35-12-15(29)7-16(37)13-35)17(10-31-22)14-9-32-36(11-14)25(27)28/h2-6,8-11,15-16,25,37H,7,12-13,29H2,1H3,(H,30,31,33,34)/t15-,16-/m0/s1. The predicted octanol–water partition coefficient (Wildman–Crippen LogP) is 3.59. The number of aliphatic hydroxyl groups excluding tert-OH is 1. The van der Waals surface area contributed by atoms with Gasteiger partial charge in [0, 0.05) is 54.9 Å². The van der Waals surface area contributed by atoms with Crippen LogP contribution in [0.25, 0.3) is 22.5 Å². The zero-order valence-electron chi connectivity index (χ0n) is 20.3. The van der Waals surface area contributed by atoms with Gasteiger partial charge < -0.3 is 25.8 Å². The lowest BCUT2D eigenvalue weighted by atomic mass is 10.0. The van der Waals surface area contributed by atoms with E-state index in [1.165, 1.54) is 44.0 Å². The number of pyridine rings is 1. The first-order valence-corrected chi connectivity index (χ1v) is 11.8. The lowest BCUT2D eigenvalue weighted by Crippen LogP contribution is -2.49. The molecule has 0 spiro atoms. The number of aromatic nitrogens is 5. The average Bonchev–Trinajstić information content (AvgIpc) is 3.39. The van der Waals surface area contributed by atoms with Gasteiger partial charge in [-0.15, -0.1) is 0 Å². The maximum atomic E-state index is 14.6. The molecule has 0 radical (unpaired) electrons. The molecular formula is C25H25F3N8O2. The number of nitrogens with one attached hydrogen (secondary N) is 1. The molecule has 1 aliphatic heterocycles. The van der Waals surface area contributed by atoms with Gasteiger partial charge in [-0.25, -0.2) is 24.0 Å². The smallest absolute Gasteiger partial charge is 0.333 e. The van der Waals surface area contributed by atoms with Crippen molar-refractivity contribution in [3.63, 3.8) is 0 Å². The summed E-state index contributed by atoms with van der Waals surface area (Å²) in [6.07, 6.45) is 5.37. The SMILES string of the molecule is COc1cccc(F)c1-c1nccc(Nc2cc(N3C[C@@H](N)C[C@H](O)C3)c(-c3cnn(C(F)F)c3)cn2)n1. The topological polar surface area (TPSA) is 127 Å². The van der Waals surface area contributed by atoms with Gasteiger partial charge in [-0.2, -0.15) is 13.9 Å². The molecule has 0 aliphatic carbocycles. The Bertz CT molecular complexity index is 1420. The second-order valence-corrected chi connectivity index (χ2v) is 8.84. The Kier molecular flexibility index (Phi) is 7.11. The molecule has 1 saturated heterocycles. The number of β-amino-alcohol motifs (C(OH)–C–C–N with tert-alkyl or cyclic N) is 1. The molecule has 1 aliphatic rings. The number of anilines is 3. The van der Waals surface area contributed by atoms with Crippen LogP contribution in [0.3, 0.4) is 0 Å². The van der Waals surface area contributed by atoms with Crippen LogP contribution in [0, 0.1) is 5.82 Å². The Labute approximate surface area is 215 Å². The number of nitrogens with zero attached hydrogens (tertiary/aromatic N) is 6. The summed E-state index contributed by atoms with van der Waals surface area (Å²) in [5.41, 5.74) is 7.87. The molecule has 0 amide bonds. The monoisotopic (exact) mass is 526 g/mol. The summed E-state index contributed by atoms with van der Waals surface area (Å²) in [5.74, 6) is 0.592. The summed E-state index contributed by atoms with van der Waals surface area (Å²) in [6.45, 7) is -2.04. The normalized spacial score (nSPS) is 17.6. The maximum absolute atomic E-state index is 14.6. The van der Waals surface area contributed by atoms with E-state index in [1.807, 2.05) is 4.90 Å². The number of piperidine rings is 1. The fraction of sp³-hybridized carbons (Fsp3) is 0.280. The summed E-state index contributed by atoms with van der Waals surface area (Å²) < 4.78 is 46.7. The maximum Gasteiger partial charge on any atom is 0.333 e. The van der Waals surface area contributed by atoms with Gasteiger partial charge in [0.2, 0.25) is 0 Å². The van der Waals surface area contributed by atoms with Crippen molar-refractivity contribution in [1.82, 2.24) is 24.7 Å². The summed E-state index contributed by atoms with van der Waals surface area (Å²) in [6, 6.07) is 7.47. The second kappa shape index (κ2) is 10.6. The first-order valence-electron chi connectivity index (χ1n) is 11.8. The molecule has 198 valence electrons. The van der Waals surface area contributed by atoms with Crippen LogP contribution in [0.5, 0.6) is 5.75 Å². The van der Waals surface area contributed by atoms with Gasteiger partial charge in [-0.1, -0.05) is 6.07 Å². The zero-order chi connectivity index (χ0) is 26.8. The van der Waals surface area contributed by atoms with Gasteiger partial charge >= 0.3 is 6.55 Å². The summed E-state index contributed by atoms with van der Waals surface area (Å²) in [4.78, 5) is 14.9. The quantitative estimate of drug-likeness (QED) is 0.331. The van der Waals surface area contributed by atoms with Gasteiger partial charge in [-0.3, -0.25) is 0 Å². The highest BCUT2D eigenvalue weighted by Gasteiger charge is 2.26. The number of ether oxygens (including phenoxy) is 1. The van der Waals surface area contributed by atoms with Crippen LogP contribution in [0.1, 0.15) is 13.0 Å². The van der Waals surface area contributed by atoms with E-state index in [9.17, 15) is 18.3 Å². The largest absolute Gasteiger partial charge is 0.496 e. The molecule has 10 nitrogen and oxygen atoms in total. The molecule has 4 N–H and O–H groups in total. The number of aliphatic hydroxyl groups is 1. The molecule has 0 bridgehead atoms. The number of hydrogen-bond acceptors (Lipinski definition) is 9. The van der Waals surface area contributed by atoms with E-state index in [4.69, 9.17) is 10.5 Å². The third-order valence-corrected chi connectivity index (χ3v) is 6.13. The minimum atomic E-state index is -2.79. The number of methoxy groups -OCH3 is 1. The van der Waals surface area contributed by atoms with Gasteiger partial charge in [0.15, 0.2) is 5.82 Å². The molecule has 13 heteroatoms. The molecule has 4 heterocycles. The Morgan fingerprint density at radius 1 is 1.16 bits per heavy atom. The van der Waals surface area contributed by atoms with E-state index >= 15 is 0 Å². The number of benzene rings is 1. The minimum absolute atomic E-state index is 0.117. The average molecular weight is 527 g/mol. The van der Waals surface area contributed by atoms with E-state index in [0.29, 0.717) is 52.6 Å². The molecule has 1 aromatic carbocycles. The number of halogens is 3. The first-order chi connectivity index (χ1) is 18.3. The Morgan fingerprint density at radius 2 is 2.00 bits per heavy atom. The van der Waals surface area contributed by atoms with Crippen molar-refractivity contribution < 1.29 is 23.0 Å². The summed E-state index contributed by atoms with van der Waals surface area (Å²) in [7, 11) is 1.43. The highest BCUT2D eigenvalue weighted by molar-refractivity contribution is 5.80. The van der Waals surface area contributed by atoms with E-state index in [0.717, 1.165) is 0 Å². The third-order valence-electron chi connectivity index (χ3n) is 6.13. The van der Waals surface area contributed by atoms with Gasteiger partial charge in [0.25, 0.3) is 0 Å². The van der Waals surface area contributed by atoms with Crippen molar-refractivity contribution in [2.24, 2.45) is 5.73 Å². The van der Waals surface area contributed by atoms with Crippen molar-refractivity contribution in [1.29, 1.82) is 0 Å². The molecule has 5 rings (SSSR count). The van der Waals surface area contributed by atoms with E-state index in [1.54, 1.807) is 18.2 Å². The summed E-state index contributed by atoms with van der Waals surface area (Å²) >= 11 is 0. The van der Waals surface area contributed by atoms with Crippen molar-refractivity contribution in [2.45, 2.75) is 25.1 Å². The van der Waals surface area contributed by atoms with Crippen molar-refractivity contribution in [3.8, 4) is 28.3 Å². The third kappa shape index (κ3) is 5.24. The molecule has 1 fully saturated rings. The number of alkyl halides is 2. The molecular weight excluding hydrogens is 501 g/mol. The van der Waals surface area contributed by atoms with Crippen LogP contribution in [0.15, 0.2) is 55.1 Å². The molecule has 4 aromatic rings. The lowest BCUT2D eigenvalue weighted by Gasteiger charge is -2.36. The lowest BCUT2D eigenvalue weighted by molar-refractivity contribution is 0.0566. The van der Waals surface area contributed by atoms with Crippen LogP contribution >= 0.6 is 0 Å². The van der Waals surface area contributed by atoms with Crippen molar-refractivity contribution in [3.05, 3.63) is 60.9 Å². The predicted molar refractivity (Wildman–Crippen MR) is 135 cm³/mol. The van der Waals surface area contributed by atoms with Gasteiger partial charge in [0.05, 0.1) is 30.7 Å². The summed E-state index contributed by atoms with van der Waals surface area (Å²) in [5, 5.41) is 17.2. The molecule has 38 heavy (non-hydrogen) atoms. The van der Waals surface area contributed by atoms with Crippen LogP contribution in [-0.4, -0.2) is 62.2 Å². The molecule has 0 saturated carbocycles. The van der Waals surface area contributed by atoms with Gasteiger partial charge in [-0.05, 0) is 24.6 Å². The number of hydrogen-bond donors (Lipinski definition) is 3. The van der Waals surface area contributed by atoms with Crippen molar-refractivity contribution in [2.75, 3.05) is 30.4 Å². The Balaban J connectivity index is 1.51. The van der Waals surface area contributed by atoms with Crippen molar-refractivity contribution >= 4 is 17.3 Å². The fourth-order valence-electron chi connectivity index (χ4n) is 4.46. The van der Waals surface area contributed by atoms with Crippen LogP contribution in [0.4, 0.5) is 30.5 Å². The number of rotatable bonds is 7. The minimum Gasteiger partial charge on any atom is -0.496 e. The first kappa shape index (κ1) is 25.4. The second-order valence-electron chi connectivity index (χ2n) is 8.84. The highest BCUT2D eigenvalue weighted by atomic mass is 19.3. The van der Waals surface area contributed by atoms with Gasteiger partial charge in [0.1, 0.15) is 23.2 Å². The molecule has 3 aromatic heterocycles. The van der Waals surface area contributed by atoms with Crippen LogP contribution in [0.2, 0.25) is 0 Å². The Morgan fingerprint density at radius 3 is 2.74 bits per heavy atom. The number of nitrogens with two attached hydrogens (primary N) is 1. The molecule has 2 atom stereocenters. The highest BCUT2D eigenvalue weighted by Crippen LogP contribution is 2.35. The fourth-order valence-corrected chi connectivity index (χ4v) is 4.46. The van der Waals surface area contributed by atoms with E-state index in [-0.39, 0.29) is 23.2 Å². The van der Waals surface area contributed by atoms with Crippen LogP contribution in [-0.2, 0) is 0 Å². The Hall–Kier alpha value is -4.23. The van der Waals surface area contributed by atoms with Crippen LogP contribution < -0.4 is 20.7 Å². The van der Waals surface area contributed by atoms with E-state index in [2.05, 4.69) is 25.4 Å². The van der Waals surface area contributed by atoms with E-state index < -0.39 is 18.5 Å². The molecule has 0 unspecified atom stereocenters.